The summed E-state index contributed by atoms with van der Waals surface area (Å²) in [4.78, 5) is 0. The van der Waals surface area contributed by atoms with E-state index in [0.29, 0.717) is 6.73 Å². The van der Waals surface area contributed by atoms with Crippen molar-refractivity contribution in [2.75, 3.05) is 27.5 Å². The first-order valence-electron chi connectivity index (χ1n) is 6.27. The van der Waals surface area contributed by atoms with Crippen molar-refractivity contribution < 1.29 is 9.47 Å². The van der Waals surface area contributed by atoms with Crippen molar-refractivity contribution in [1.82, 2.24) is 5.32 Å². The van der Waals surface area contributed by atoms with Crippen molar-refractivity contribution in [3.63, 3.8) is 0 Å². The van der Waals surface area contributed by atoms with Crippen molar-refractivity contribution in [2.24, 2.45) is 0 Å². The lowest BCUT2D eigenvalue weighted by atomic mass is 9.81. The zero-order valence-electron chi connectivity index (χ0n) is 12.4. The third kappa shape index (κ3) is 3.47. The van der Waals surface area contributed by atoms with Gasteiger partial charge in [0.05, 0.1) is 13.8 Å². The van der Waals surface area contributed by atoms with Gasteiger partial charge in [-0.3, -0.25) is 5.32 Å². The molecule has 0 radical (unpaired) electrons. The summed E-state index contributed by atoms with van der Waals surface area (Å²) in [5.74, 6) is 0.955. The number of methoxy groups -OCH3 is 2. The minimum atomic E-state index is 0.0691. The summed E-state index contributed by atoms with van der Waals surface area (Å²) >= 11 is 0. The minimum Gasteiger partial charge on any atom is -0.496 e. The van der Waals surface area contributed by atoms with Crippen LogP contribution in [0.2, 0.25) is 0 Å². The van der Waals surface area contributed by atoms with Gasteiger partial charge in [-0.1, -0.05) is 19.9 Å². The lowest BCUT2D eigenvalue weighted by Crippen LogP contribution is -2.34. The summed E-state index contributed by atoms with van der Waals surface area (Å²) in [7, 11) is 3.41. The first-order valence-corrected chi connectivity index (χ1v) is 6.27. The largest absolute Gasteiger partial charge is 0.496 e. The molecule has 0 saturated heterocycles. The van der Waals surface area contributed by atoms with E-state index < -0.39 is 0 Å². The molecule has 102 valence electrons. The number of hydrogen-bond donors (Lipinski definition) is 1. The van der Waals surface area contributed by atoms with E-state index in [0.717, 1.165) is 12.3 Å². The molecular formula is C15H25NO2. The van der Waals surface area contributed by atoms with Crippen LogP contribution in [0.5, 0.6) is 5.75 Å². The van der Waals surface area contributed by atoms with Crippen LogP contribution in [0.25, 0.3) is 0 Å². The summed E-state index contributed by atoms with van der Waals surface area (Å²) in [6, 6.07) is 4.34. The molecular weight excluding hydrogens is 226 g/mol. The standard InChI is InChI=1S/C15H25NO2/c1-11-8-14(18-6)12(2)7-13(11)15(3,4)9-16-10-17-5/h7-8,16H,9-10H2,1-6H3. The molecule has 0 bridgehead atoms. The Kier molecular flexibility index (Phi) is 5.17. The highest BCUT2D eigenvalue weighted by molar-refractivity contribution is 5.44. The fraction of sp³-hybridized carbons (Fsp3) is 0.600. The van der Waals surface area contributed by atoms with Crippen LogP contribution in [0.1, 0.15) is 30.5 Å². The molecule has 1 N–H and O–H groups in total. The highest BCUT2D eigenvalue weighted by atomic mass is 16.5. The second-order valence-electron chi connectivity index (χ2n) is 5.38. The minimum absolute atomic E-state index is 0.0691. The Labute approximate surface area is 110 Å². The van der Waals surface area contributed by atoms with Gasteiger partial charge in [0.1, 0.15) is 5.75 Å². The summed E-state index contributed by atoms with van der Waals surface area (Å²) in [6.45, 7) is 10.2. The molecule has 0 aliphatic rings. The average Bonchev–Trinajstić information content (AvgIpc) is 2.31. The number of nitrogens with one attached hydrogen (secondary N) is 1. The van der Waals surface area contributed by atoms with E-state index in [9.17, 15) is 0 Å². The van der Waals surface area contributed by atoms with E-state index in [4.69, 9.17) is 9.47 Å². The van der Waals surface area contributed by atoms with Gasteiger partial charge in [0.25, 0.3) is 0 Å². The lowest BCUT2D eigenvalue weighted by Gasteiger charge is -2.28. The number of aryl methyl sites for hydroxylation is 2. The van der Waals surface area contributed by atoms with E-state index in [2.05, 4.69) is 45.1 Å². The second kappa shape index (κ2) is 6.21. The van der Waals surface area contributed by atoms with Gasteiger partial charge < -0.3 is 9.47 Å². The SMILES string of the molecule is COCNCC(C)(C)c1cc(C)c(OC)cc1C. The summed E-state index contributed by atoms with van der Waals surface area (Å²) < 4.78 is 10.4. The molecule has 0 aliphatic heterocycles. The van der Waals surface area contributed by atoms with Gasteiger partial charge in [0, 0.05) is 19.1 Å². The van der Waals surface area contributed by atoms with Gasteiger partial charge >= 0.3 is 0 Å². The Bertz CT molecular complexity index is 400. The van der Waals surface area contributed by atoms with Crippen LogP contribution < -0.4 is 10.1 Å². The van der Waals surface area contributed by atoms with Crippen LogP contribution in [0.4, 0.5) is 0 Å². The van der Waals surface area contributed by atoms with E-state index in [1.807, 2.05) is 0 Å². The Morgan fingerprint density at radius 1 is 1.11 bits per heavy atom. The Morgan fingerprint density at radius 2 is 1.78 bits per heavy atom. The number of rotatable bonds is 6. The molecule has 1 rings (SSSR count). The zero-order chi connectivity index (χ0) is 13.8. The van der Waals surface area contributed by atoms with Gasteiger partial charge in [-0.05, 0) is 36.6 Å². The third-order valence-corrected chi connectivity index (χ3v) is 3.28. The van der Waals surface area contributed by atoms with Gasteiger partial charge in [-0.2, -0.15) is 0 Å². The maximum Gasteiger partial charge on any atom is 0.122 e. The molecule has 0 atom stereocenters. The average molecular weight is 251 g/mol. The summed E-state index contributed by atoms with van der Waals surface area (Å²) in [6.07, 6.45) is 0. The molecule has 0 spiro atoms. The molecule has 0 aromatic heterocycles. The van der Waals surface area contributed by atoms with Crippen LogP contribution in [0.3, 0.4) is 0 Å². The van der Waals surface area contributed by atoms with E-state index in [-0.39, 0.29) is 5.41 Å². The Balaban J connectivity index is 2.97. The van der Waals surface area contributed by atoms with Crippen LogP contribution in [0.15, 0.2) is 12.1 Å². The molecule has 0 aliphatic carbocycles. The molecule has 3 nitrogen and oxygen atoms in total. The summed E-state index contributed by atoms with van der Waals surface area (Å²) in [5.41, 5.74) is 3.86. The maximum absolute atomic E-state index is 5.36. The Morgan fingerprint density at radius 3 is 2.33 bits per heavy atom. The predicted octanol–water partition coefficient (Wildman–Crippen LogP) is 2.78. The van der Waals surface area contributed by atoms with Crippen molar-refractivity contribution in [3.8, 4) is 5.75 Å². The molecule has 18 heavy (non-hydrogen) atoms. The maximum atomic E-state index is 5.36. The zero-order valence-corrected chi connectivity index (χ0v) is 12.4. The molecule has 3 heteroatoms. The topological polar surface area (TPSA) is 30.5 Å². The normalized spacial score (nSPS) is 11.7. The van der Waals surface area contributed by atoms with E-state index >= 15 is 0 Å². The van der Waals surface area contributed by atoms with Crippen molar-refractivity contribution >= 4 is 0 Å². The second-order valence-corrected chi connectivity index (χ2v) is 5.38. The molecule has 0 saturated carbocycles. The summed E-state index contributed by atoms with van der Waals surface area (Å²) in [5, 5.41) is 3.30. The Hall–Kier alpha value is -1.06. The van der Waals surface area contributed by atoms with Crippen LogP contribution in [-0.4, -0.2) is 27.5 Å². The lowest BCUT2D eigenvalue weighted by molar-refractivity contribution is 0.169. The first kappa shape index (κ1) is 15.0. The van der Waals surface area contributed by atoms with Gasteiger partial charge in [0.15, 0.2) is 0 Å². The molecule has 1 aromatic rings. The molecule has 0 unspecified atom stereocenters. The van der Waals surface area contributed by atoms with Crippen LogP contribution in [0, 0.1) is 13.8 Å². The van der Waals surface area contributed by atoms with Gasteiger partial charge in [0.2, 0.25) is 0 Å². The van der Waals surface area contributed by atoms with Crippen molar-refractivity contribution in [3.05, 3.63) is 28.8 Å². The fourth-order valence-electron chi connectivity index (χ4n) is 2.30. The molecule has 0 heterocycles. The van der Waals surface area contributed by atoms with Crippen molar-refractivity contribution in [1.29, 1.82) is 0 Å². The fourth-order valence-corrected chi connectivity index (χ4v) is 2.30. The van der Waals surface area contributed by atoms with E-state index in [1.54, 1.807) is 14.2 Å². The van der Waals surface area contributed by atoms with E-state index in [1.165, 1.54) is 16.7 Å². The highest BCUT2D eigenvalue weighted by Gasteiger charge is 2.23. The predicted molar refractivity (Wildman–Crippen MR) is 75.4 cm³/mol. The number of hydrogen-bond acceptors (Lipinski definition) is 3. The van der Waals surface area contributed by atoms with Crippen LogP contribution >= 0.6 is 0 Å². The molecule has 0 fully saturated rings. The van der Waals surface area contributed by atoms with Gasteiger partial charge in [-0.15, -0.1) is 0 Å². The first-order chi connectivity index (χ1) is 8.42. The van der Waals surface area contributed by atoms with Gasteiger partial charge in [-0.25, -0.2) is 0 Å². The molecule has 1 aromatic carbocycles. The number of ether oxygens (including phenoxy) is 2. The monoisotopic (exact) mass is 251 g/mol. The number of benzene rings is 1. The third-order valence-electron chi connectivity index (χ3n) is 3.28. The van der Waals surface area contributed by atoms with Crippen molar-refractivity contribution in [2.45, 2.75) is 33.1 Å². The smallest absolute Gasteiger partial charge is 0.122 e. The van der Waals surface area contributed by atoms with Crippen LogP contribution in [-0.2, 0) is 10.2 Å². The highest BCUT2D eigenvalue weighted by Crippen LogP contribution is 2.31. The molecule has 0 amide bonds. The quantitative estimate of drug-likeness (QED) is 0.623.